The molecule has 0 saturated heterocycles. The molecule has 0 aromatic rings. The molecule has 1 heteroatoms. The Morgan fingerprint density at radius 3 is 2.46 bits per heavy atom. The Balaban J connectivity index is 3.57. The Kier molecular flexibility index (Phi) is 8.11. The highest BCUT2D eigenvalue weighted by atomic mass is 16.3. The highest BCUT2D eigenvalue weighted by Gasteiger charge is 2.04. The molecule has 1 nitrogen and oxygen atoms in total. The Bertz CT molecular complexity index is 134. The minimum Gasteiger partial charge on any atom is -0.396 e. The lowest BCUT2D eigenvalue weighted by Gasteiger charge is -2.11. The van der Waals surface area contributed by atoms with E-state index in [1.165, 1.54) is 31.3 Å². The molecule has 0 amide bonds. The molecule has 0 rings (SSSR count). The van der Waals surface area contributed by atoms with E-state index >= 15 is 0 Å². The fourth-order valence-corrected chi connectivity index (χ4v) is 1.37. The van der Waals surface area contributed by atoms with Gasteiger partial charge < -0.3 is 5.11 Å². The second-order valence-electron chi connectivity index (χ2n) is 4.06. The molecule has 0 heterocycles. The molecule has 0 aromatic carbocycles. The van der Waals surface area contributed by atoms with E-state index in [2.05, 4.69) is 26.8 Å². The van der Waals surface area contributed by atoms with Gasteiger partial charge in [0.1, 0.15) is 0 Å². The lowest BCUT2D eigenvalue weighted by atomic mass is 9.98. The van der Waals surface area contributed by atoms with Crippen LogP contribution >= 0.6 is 0 Å². The average molecular weight is 184 g/mol. The van der Waals surface area contributed by atoms with E-state index in [-0.39, 0.29) is 0 Å². The van der Waals surface area contributed by atoms with E-state index < -0.39 is 0 Å². The topological polar surface area (TPSA) is 20.2 Å². The number of allylic oxidation sites excluding steroid dienone is 2. The van der Waals surface area contributed by atoms with Crippen LogP contribution in [0, 0.1) is 5.92 Å². The van der Waals surface area contributed by atoms with E-state index in [1.807, 2.05) is 0 Å². The van der Waals surface area contributed by atoms with Crippen LogP contribution in [-0.2, 0) is 0 Å². The van der Waals surface area contributed by atoms with E-state index in [4.69, 9.17) is 5.11 Å². The molecule has 1 unspecified atom stereocenters. The first-order valence-electron chi connectivity index (χ1n) is 5.45. The van der Waals surface area contributed by atoms with Gasteiger partial charge in [0.05, 0.1) is 0 Å². The van der Waals surface area contributed by atoms with Crippen molar-refractivity contribution in [2.24, 2.45) is 5.92 Å². The van der Waals surface area contributed by atoms with Crippen LogP contribution in [-0.4, -0.2) is 11.7 Å². The van der Waals surface area contributed by atoms with Crippen molar-refractivity contribution in [3.05, 3.63) is 11.6 Å². The number of rotatable bonds is 7. The minimum atomic E-state index is 0.341. The SMILES string of the molecule is CCCCCC(CO)CC=C(C)C. The van der Waals surface area contributed by atoms with E-state index in [1.54, 1.807) is 0 Å². The molecule has 1 N–H and O–H groups in total. The van der Waals surface area contributed by atoms with Crippen LogP contribution < -0.4 is 0 Å². The lowest BCUT2D eigenvalue weighted by molar-refractivity contribution is 0.216. The quantitative estimate of drug-likeness (QED) is 0.474. The molecular formula is C12H24O. The van der Waals surface area contributed by atoms with Crippen LogP contribution in [0.4, 0.5) is 0 Å². The van der Waals surface area contributed by atoms with Crippen molar-refractivity contribution in [3.8, 4) is 0 Å². The second kappa shape index (κ2) is 8.31. The van der Waals surface area contributed by atoms with Crippen molar-refractivity contribution in [2.45, 2.75) is 52.9 Å². The fourth-order valence-electron chi connectivity index (χ4n) is 1.37. The molecule has 0 spiro atoms. The van der Waals surface area contributed by atoms with Crippen LogP contribution in [0.1, 0.15) is 52.9 Å². The third-order valence-corrected chi connectivity index (χ3v) is 2.33. The van der Waals surface area contributed by atoms with Gasteiger partial charge in [-0.05, 0) is 32.6 Å². The maximum Gasteiger partial charge on any atom is 0.0462 e. The summed E-state index contributed by atoms with van der Waals surface area (Å²) in [6, 6.07) is 0. The van der Waals surface area contributed by atoms with Gasteiger partial charge >= 0.3 is 0 Å². The fraction of sp³-hybridized carbons (Fsp3) is 0.833. The zero-order valence-corrected chi connectivity index (χ0v) is 9.34. The van der Waals surface area contributed by atoms with Gasteiger partial charge in [-0.15, -0.1) is 0 Å². The summed E-state index contributed by atoms with van der Waals surface area (Å²) in [4.78, 5) is 0. The van der Waals surface area contributed by atoms with Gasteiger partial charge in [-0.25, -0.2) is 0 Å². The van der Waals surface area contributed by atoms with Crippen molar-refractivity contribution in [1.29, 1.82) is 0 Å². The summed E-state index contributed by atoms with van der Waals surface area (Å²) in [5, 5.41) is 9.11. The minimum absolute atomic E-state index is 0.341. The number of aliphatic hydroxyl groups is 1. The summed E-state index contributed by atoms with van der Waals surface area (Å²) in [6.45, 7) is 6.78. The normalized spacial score (nSPS) is 12.6. The van der Waals surface area contributed by atoms with Crippen molar-refractivity contribution >= 4 is 0 Å². The lowest BCUT2D eigenvalue weighted by Crippen LogP contribution is -2.04. The van der Waals surface area contributed by atoms with Crippen molar-refractivity contribution in [2.75, 3.05) is 6.61 Å². The molecule has 0 saturated carbocycles. The van der Waals surface area contributed by atoms with Crippen molar-refractivity contribution in [1.82, 2.24) is 0 Å². The van der Waals surface area contributed by atoms with Gasteiger partial charge in [-0.2, -0.15) is 0 Å². The van der Waals surface area contributed by atoms with Gasteiger partial charge in [0.25, 0.3) is 0 Å². The highest BCUT2D eigenvalue weighted by molar-refractivity contribution is 4.93. The molecule has 13 heavy (non-hydrogen) atoms. The zero-order chi connectivity index (χ0) is 10.1. The Labute approximate surface area is 82.9 Å². The van der Waals surface area contributed by atoms with Crippen LogP contribution in [0.2, 0.25) is 0 Å². The number of hydrogen-bond donors (Lipinski definition) is 1. The summed E-state index contributed by atoms with van der Waals surface area (Å²) in [7, 11) is 0. The number of unbranched alkanes of at least 4 members (excludes halogenated alkanes) is 2. The largest absolute Gasteiger partial charge is 0.396 e. The monoisotopic (exact) mass is 184 g/mol. The van der Waals surface area contributed by atoms with E-state index in [0.717, 1.165) is 6.42 Å². The highest BCUT2D eigenvalue weighted by Crippen LogP contribution is 2.14. The van der Waals surface area contributed by atoms with Crippen LogP contribution in [0.15, 0.2) is 11.6 Å². The first kappa shape index (κ1) is 12.7. The van der Waals surface area contributed by atoms with Gasteiger partial charge in [-0.3, -0.25) is 0 Å². The molecule has 0 aromatic heterocycles. The van der Waals surface area contributed by atoms with E-state index in [9.17, 15) is 0 Å². The Morgan fingerprint density at radius 1 is 1.31 bits per heavy atom. The van der Waals surface area contributed by atoms with Crippen molar-refractivity contribution < 1.29 is 5.11 Å². The molecular weight excluding hydrogens is 160 g/mol. The van der Waals surface area contributed by atoms with Crippen LogP contribution in [0.25, 0.3) is 0 Å². The molecule has 0 aliphatic rings. The summed E-state index contributed by atoms with van der Waals surface area (Å²) in [6.07, 6.45) is 8.27. The predicted octanol–water partition coefficient (Wildman–Crippen LogP) is 3.53. The molecule has 0 fully saturated rings. The Hall–Kier alpha value is -0.300. The summed E-state index contributed by atoms with van der Waals surface area (Å²) >= 11 is 0. The molecule has 78 valence electrons. The maximum atomic E-state index is 9.11. The number of aliphatic hydroxyl groups excluding tert-OH is 1. The van der Waals surface area contributed by atoms with Gasteiger partial charge in [0.15, 0.2) is 0 Å². The molecule has 0 aliphatic heterocycles. The second-order valence-corrected chi connectivity index (χ2v) is 4.06. The first-order valence-corrected chi connectivity index (χ1v) is 5.45. The van der Waals surface area contributed by atoms with Gasteiger partial charge in [0, 0.05) is 6.61 Å². The predicted molar refractivity (Wildman–Crippen MR) is 58.8 cm³/mol. The summed E-state index contributed by atoms with van der Waals surface area (Å²) in [5.74, 6) is 0.487. The summed E-state index contributed by atoms with van der Waals surface area (Å²) in [5.41, 5.74) is 1.36. The molecule has 1 atom stereocenters. The van der Waals surface area contributed by atoms with Crippen molar-refractivity contribution in [3.63, 3.8) is 0 Å². The molecule has 0 aliphatic carbocycles. The molecule has 0 radical (unpaired) electrons. The first-order chi connectivity index (χ1) is 6.20. The van der Waals surface area contributed by atoms with E-state index in [0.29, 0.717) is 12.5 Å². The smallest absolute Gasteiger partial charge is 0.0462 e. The standard InChI is InChI=1S/C12H24O/c1-4-5-6-7-12(10-13)9-8-11(2)3/h8,12-13H,4-7,9-10H2,1-3H3. The van der Waals surface area contributed by atoms with Crippen LogP contribution in [0.5, 0.6) is 0 Å². The van der Waals surface area contributed by atoms with Crippen LogP contribution in [0.3, 0.4) is 0 Å². The third kappa shape index (κ3) is 8.04. The number of hydrogen-bond acceptors (Lipinski definition) is 1. The maximum absolute atomic E-state index is 9.11. The summed E-state index contributed by atoms with van der Waals surface area (Å²) < 4.78 is 0. The molecule has 0 bridgehead atoms. The third-order valence-electron chi connectivity index (χ3n) is 2.33. The Morgan fingerprint density at radius 2 is 2.00 bits per heavy atom. The van der Waals surface area contributed by atoms with Gasteiger partial charge in [-0.1, -0.05) is 37.8 Å². The van der Waals surface area contributed by atoms with Gasteiger partial charge in [0.2, 0.25) is 0 Å². The zero-order valence-electron chi connectivity index (χ0n) is 9.34. The average Bonchev–Trinajstić information content (AvgIpc) is 2.10.